The van der Waals surface area contributed by atoms with Crippen molar-refractivity contribution < 1.29 is 18.7 Å². The van der Waals surface area contributed by atoms with E-state index in [9.17, 15) is 14.0 Å². The largest absolute Gasteiger partial charge is 0.383 e. The van der Waals surface area contributed by atoms with Gasteiger partial charge in [-0.25, -0.2) is 14.1 Å². The molecule has 0 aliphatic carbocycles. The normalized spacial score (nSPS) is 13.4. The quantitative estimate of drug-likeness (QED) is 0.406. The van der Waals surface area contributed by atoms with Gasteiger partial charge in [0.25, 0.3) is 0 Å². The molecule has 1 aromatic carbocycles. The lowest BCUT2D eigenvalue weighted by Crippen LogP contribution is -2.41. The number of amides is 2. The lowest BCUT2D eigenvalue weighted by atomic mass is 10.1. The molecule has 4 heterocycles. The summed E-state index contributed by atoms with van der Waals surface area (Å²) in [4.78, 5) is 36.0. The second kappa shape index (κ2) is 9.30. The van der Waals surface area contributed by atoms with Crippen LogP contribution in [-0.2, 0) is 41.1 Å². The summed E-state index contributed by atoms with van der Waals surface area (Å²) in [6, 6.07) is 7.28. The number of anilines is 2. The van der Waals surface area contributed by atoms with E-state index in [1.807, 2.05) is 6.07 Å². The van der Waals surface area contributed by atoms with Crippen LogP contribution in [0.25, 0.3) is 11.0 Å². The van der Waals surface area contributed by atoms with E-state index in [1.54, 1.807) is 30.8 Å². The van der Waals surface area contributed by atoms with Crippen molar-refractivity contribution in [2.75, 3.05) is 11.1 Å². The zero-order valence-corrected chi connectivity index (χ0v) is 19.6. The Morgan fingerprint density at radius 1 is 1.25 bits per heavy atom. The maximum absolute atomic E-state index is 14.6. The minimum atomic E-state index is -0.903. The number of carbonyl (C=O) groups is 2. The first-order valence-electron chi connectivity index (χ1n) is 11.2. The molecule has 0 bridgehead atoms. The molecular weight excluding hydrogens is 467 g/mol. The lowest BCUT2D eigenvalue weighted by Gasteiger charge is -2.29. The first-order valence-corrected chi connectivity index (χ1v) is 11.2. The number of nitrogens with two attached hydrogens (primary N) is 1. The summed E-state index contributed by atoms with van der Waals surface area (Å²) in [5, 5.41) is 10.7. The van der Waals surface area contributed by atoms with Crippen LogP contribution in [-0.4, -0.2) is 41.7 Å². The van der Waals surface area contributed by atoms with Crippen molar-refractivity contribution in [3.63, 3.8) is 0 Å². The molecule has 4 aromatic rings. The number of aromatic nitrogens is 5. The molecule has 1 aliphatic heterocycles. The zero-order valence-electron chi connectivity index (χ0n) is 19.6. The minimum Gasteiger partial charge on any atom is -0.383 e. The Labute approximate surface area is 205 Å². The van der Waals surface area contributed by atoms with Gasteiger partial charge < -0.3 is 20.7 Å². The smallest absolute Gasteiger partial charge is 0.313 e. The van der Waals surface area contributed by atoms with Gasteiger partial charge in [-0.2, -0.15) is 0 Å². The van der Waals surface area contributed by atoms with Crippen molar-refractivity contribution in [1.82, 2.24) is 29.9 Å². The number of benzene rings is 1. The summed E-state index contributed by atoms with van der Waals surface area (Å²) in [6.45, 7) is 2.15. The van der Waals surface area contributed by atoms with Crippen molar-refractivity contribution in [2.24, 2.45) is 7.05 Å². The van der Waals surface area contributed by atoms with Gasteiger partial charge in [-0.15, -0.1) is 5.10 Å². The number of ether oxygens (including phenoxy) is 1. The van der Waals surface area contributed by atoms with E-state index < -0.39 is 23.7 Å². The number of carbonyl (C=O) groups excluding carboxylic acids is 2. The van der Waals surface area contributed by atoms with Gasteiger partial charge in [0.05, 0.1) is 42.4 Å². The molecule has 3 aromatic heterocycles. The van der Waals surface area contributed by atoms with Gasteiger partial charge in [-0.3, -0.25) is 14.6 Å². The lowest BCUT2D eigenvalue weighted by molar-refractivity contribution is -0.145. The van der Waals surface area contributed by atoms with Crippen molar-refractivity contribution in [1.29, 1.82) is 0 Å². The summed E-state index contributed by atoms with van der Waals surface area (Å²) in [6.07, 6.45) is 2.83. The van der Waals surface area contributed by atoms with Crippen LogP contribution in [0.5, 0.6) is 0 Å². The molecule has 2 amide bonds. The molecule has 36 heavy (non-hydrogen) atoms. The Balaban J connectivity index is 1.46. The summed E-state index contributed by atoms with van der Waals surface area (Å²) >= 11 is 0. The van der Waals surface area contributed by atoms with Crippen LogP contribution >= 0.6 is 0 Å². The van der Waals surface area contributed by atoms with Gasteiger partial charge >= 0.3 is 11.8 Å². The standard InChI is InChI=1S/C24H23FN8O3/c1-13(21-17(25)4-3-7-27-21)33(10-14-5-6-20-18(8-14)30-31-32(20)2)24(35)23(34)29-19-9-28-22(26)16-12-36-11-15(16)19/h3-9,13H,10-12H2,1-2H3,(H2,26,28)(H,29,34). The molecule has 0 saturated heterocycles. The number of hydrogen-bond donors (Lipinski definition) is 2. The number of rotatable bonds is 5. The Hall–Kier alpha value is -4.45. The molecule has 1 unspecified atom stereocenters. The van der Waals surface area contributed by atoms with Crippen LogP contribution in [0, 0.1) is 5.82 Å². The maximum Gasteiger partial charge on any atom is 0.313 e. The van der Waals surface area contributed by atoms with Crippen molar-refractivity contribution in [3.8, 4) is 0 Å². The first-order chi connectivity index (χ1) is 17.3. The SMILES string of the molecule is CC(c1ncccc1F)N(Cc1ccc2c(c1)nnn2C)C(=O)C(=O)Nc1cnc(N)c2c1COC2. The number of aryl methyl sites for hydroxylation is 1. The summed E-state index contributed by atoms with van der Waals surface area (Å²) in [5.41, 5.74) is 9.76. The first kappa shape index (κ1) is 23.3. The number of fused-ring (bicyclic) bond motifs is 2. The number of nitrogens with zero attached hydrogens (tertiary/aromatic N) is 6. The number of nitrogen functional groups attached to an aromatic ring is 1. The Kier molecular flexibility index (Phi) is 6.02. The molecule has 0 spiro atoms. The van der Waals surface area contributed by atoms with E-state index in [2.05, 4.69) is 25.6 Å². The van der Waals surface area contributed by atoms with Crippen LogP contribution in [0.15, 0.2) is 42.7 Å². The molecule has 1 aliphatic rings. The third-order valence-corrected chi connectivity index (χ3v) is 6.21. The number of pyridine rings is 2. The van der Waals surface area contributed by atoms with Gasteiger partial charge in [0, 0.05) is 30.9 Å². The van der Waals surface area contributed by atoms with E-state index in [4.69, 9.17) is 10.5 Å². The highest BCUT2D eigenvalue weighted by molar-refractivity contribution is 6.39. The van der Waals surface area contributed by atoms with E-state index in [1.165, 1.54) is 29.4 Å². The second-order valence-corrected chi connectivity index (χ2v) is 8.48. The third-order valence-electron chi connectivity index (χ3n) is 6.21. The highest BCUT2D eigenvalue weighted by Gasteiger charge is 2.31. The number of nitrogens with one attached hydrogen (secondary N) is 1. The van der Waals surface area contributed by atoms with Crippen molar-refractivity contribution in [3.05, 3.63) is 70.9 Å². The Morgan fingerprint density at radius 3 is 2.86 bits per heavy atom. The third kappa shape index (κ3) is 4.22. The molecule has 0 saturated carbocycles. The van der Waals surface area contributed by atoms with Crippen LogP contribution in [0.3, 0.4) is 0 Å². The predicted molar refractivity (Wildman–Crippen MR) is 127 cm³/mol. The fourth-order valence-electron chi connectivity index (χ4n) is 4.22. The monoisotopic (exact) mass is 490 g/mol. The van der Waals surface area contributed by atoms with Crippen LogP contribution in [0.2, 0.25) is 0 Å². The number of hydrogen-bond acceptors (Lipinski definition) is 8. The molecular formula is C24H23FN8O3. The van der Waals surface area contributed by atoms with E-state index in [0.717, 1.165) is 5.52 Å². The van der Waals surface area contributed by atoms with Gasteiger partial charge in [-0.1, -0.05) is 11.3 Å². The maximum atomic E-state index is 14.6. The molecule has 1 atom stereocenters. The molecule has 5 rings (SSSR count). The van der Waals surface area contributed by atoms with Gasteiger partial charge in [0.2, 0.25) is 0 Å². The topological polar surface area (TPSA) is 141 Å². The Morgan fingerprint density at radius 2 is 2.06 bits per heavy atom. The highest BCUT2D eigenvalue weighted by atomic mass is 19.1. The fraction of sp³-hybridized carbons (Fsp3) is 0.250. The molecule has 0 fully saturated rings. The molecule has 184 valence electrons. The minimum absolute atomic E-state index is 0.0111. The summed E-state index contributed by atoms with van der Waals surface area (Å²) in [7, 11) is 1.77. The number of halogens is 1. The van der Waals surface area contributed by atoms with Gasteiger partial charge in [-0.05, 0) is 36.8 Å². The Bertz CT molecular complexity index is 1490. The summed E-state index contributed by atoms with van der Waals surface area (Å²) in [5.74, 6) is -2.03. The molecule has 3 N–H and O–H groups in total. The van der Waals surface area contributed by atoms with Gasteiger partial charge in [0.1, 0.15) is 17.2 Å². The second-order valence-electron chi connectivity index (χ2n) is 8.48. The average Bonchev–Trinajstić information content (AvgIpc) is 3.51. The van der Waals surface area contributed by atoms with E-state index >= 15 is 0 Å². The van der Waals surface area contributed by atoms with Gasteiger partial charge in [0.15, 0.2) is 0 Å². The average molecular weight is 490 g/mol. The van der Waals surface area contributed by atoms with Crippen LogP contribution in [0.4, 0.5) is 15.9 Å². The zero-order chi connectivity index (χ0) is 25.4. The summed E-state index contributed by atoms with van der Waals surface area (Å²) < 4.78 is 21.6. The molecule has 12 heteroatoms. The molecule has 11 nitrogen and oxygen atoms in total. The molecule has 0 radical (unpaired) electrons. The highest BCUT2D eigenvalue weighted by Crippen LogP contribution is 2.30. The van der Waals surface area contributed by atoms with Crippen LogP contribution in [0.1, 0.15) is 35.3 Å². The predicted octanol–water partition coefficient (Wildman–Crippen LogP) is 2.24. The van der Waals surface area contributed by atoms with Crippen LogP contribution < -0.4 is 11.1 Å². The fourth-order valence-corrected chi connectivity index (χ4v) is 4.22. The van der Waals surface area contributed by atoms with E-state index in [0.29, 0.717) is 33.7 Å². The van der Waals surface area contributed by atoms with Crippen molar-refractivity contribution in [2.45, 2.75) is 32.7 Å². The van der Waals surface area contributed by atoms with Crippen molar-refractivity contribution >= 4 is 34.4 Å². The van der Waals surface area contributed by atoms with E-state index in [-0.39, 0.29) is 25.5 Å².